The van der Waals surface area contributed by atoms with Gasteiger partial charge < -0.3 is 16.0 Å². The van der Waals surface area contributed by atoms with Crippen LogP contribution >= 0.6 is 0 Å². The number of para-hydroxylation sites is 1. The number of allylic oxidation sites excluding steroid dienone is 3. The number of rotatable bonds is 7. The quantitative estimate of drug-likeness (QED) is 0.145. The molecule has 0 saturated carbocycles. The first-order chi connectivity index (χ1) is 22.2. The Morgan fingerprint density at radius 3 is 2.02 bits per heavy atom. The highest BCUT2D eigenvalue weighted by Gasteiger charge is 2.16. The number of nitrogens with two attached hydrogens (primary N) is 2. The number of aryl methyl sites for hydroxylation is 1. The summed E-state index contributed by atoms with van der Waals surface area (Å²) in [5.74, 6) is 0. The minimum Gasteiger partial charge on any atom is -0.405 e. The van der Waals surface area contributed by atoms with E-state index in [-0.39, 0.29) is 0 Å². The molecule has 45 heavy (non-hydrogen) atoms. The van der Waals surface area contributed by atoms with Crippen LogP contribution in [0.1, 0.15) is 17.0 Å². The van der Waals surface area contributed by atoms with Crippen molar-refractivity contribution in [1.29, 1.82) is 0 Å². The van der Waals surface area contributed by atoms with Gasteiger partial charge in [-0.3, -0.25) is 4.98 Å². The van der Waals surface area contributed by atoms with E-state index in [4.69, 9.17) is 16.5 Å². The Bertz CT molecular complexity index is 2210. The first-order valence-corrected chi connectivity index (χ1v) is 15.2. The van der Waals surface area contributed by atoms with E-state index in [0.29, 0.717) is 6.42 Å². The predicted molar refractivity (Wildman–Crippen MR) is 191 cm³/mol. The van der Waals surface area contributed by atoms with Crippen molar-refractivity contribution in [3.05, 3.63) is 163 Å². The molecule has 7 rings (SSSR count). The maximum Gasteiger partial charge on any atom is 0.0724 e. The Balaban J connectivity index is 1.40. The Morgan fingerprint density at radius 1 is 0.667 bits per heavy atom. The number of benzene rings is 5. The highest BCUT2D eigenvalue weighted by atomic mass is 15.0. The fourth-order valence-corrected chi connectivity index (χ4v) is 6.40. The van der Waals surface area contributed by atoms with Crippen LogP contribution in [0.2, 0.25) is 0 Å². The molecule has 0 spiro atoms. The molecule has 0 radical (unpaired) electrons. The Labute approximate surface area is 263 Å². The van der Waals surface area contributed by atoms with Crippen molar-refractivity contribution in [3.63, 3.8) is 0 Å². The van der Waals surface area contributed by atoms with Crippen molar-refractivity contribution < 1.29 is 0 Å². The highest BCUT2D eigenvalue weighted by Crippen LogP contribution is 2.38. The van der Waals surface area contributed by atoms with E-state index in [2.05, 4.69) is 133 Å². The topological polar surface area (TPSA) is 69.9 Å². The van der Waals surface area contributed by atoms with Gasteiger partial charge in [0, 0.05) is 28.8 Å². The van der Waals surface area contributed by atoms with Crippen LogP contribution < -0.4 is 11.5 Å². The molecule has 0 saturated heterocycles. The molecule has 0 aliphatic rings. The van der Waals surface area contributed by atoms with Gasteiger partial charge in [0.1, 0.15) is 0 Å². The van der Waals surface area contributed by atoms with Gasteiger partial charge in [0.2, 0.25) is 0 Å². The molecule has 2 aromatic heterocycles. The van der Waals surface area contributed by atoms with Crippen LogP contribution in [0.4, 0.5) is 0 Å². The smallest absolute Gasteiger partial charge is 0.0724 e. The SMILES string of the molecule is Cc1c(/C=C\N)n(-c2ccc(-c3cc(C/C=C\C=C/N)nc(-c4c5ccccc5cc5ccccc45)c3)cc2)c2ccccc12. The summed E-state index contributed by atoms with van der Waals surface area (Å²) in [5.41, 5.74) is 21.3. The van der Waals surface area contributed by atoms with Crippen LogP contribution in [0.3, 0.4) is 0 Å². The second-order valence-electron chi connectivity index (χ2n) is 11.2. The number of aromatic nitrogens is 2. The minimum atomic E-state index is 0.690. The zero-order valence-electron chi connectivity index (χ0n) is 25.2. The van der Waals surface area contributed by atoms with Gasteiger partial charge >= 0.3 is 0 Å². The van der Waals surface area contributed by atoms with Gasteiger partial charge in [-0.15, -0.1) is 0 Å². The maximum atomic E-state index is 5.88. The Kier molecular flexibility index (Phi) is 7.46. The molecule has 4 nitrogen and oxygen atoms in total. The van der Waals surface area contributed by atoms with Crippen LogP contribution in [0.15, 0.2) is 146 Å². The third-order valence-electron chi connectivity index (χ3n) is 8.48. The average molecular weight is 583 g/mol. The van der Waals surface area contributed by atoms with Gasteiger partial charge in [-0.25, -0.2) is 0 Å². The van der Waals surface area contributed by atoms with E-state index >= 15 is 0 Å². The summed E-state index contributed by atoms with van der Waals surface area (Å²) in [6.45, 7) is 2.15. The van der Waals surface area contributed by atoms with Crippen molar-refractivity contribution in [1.82, 2.24) is 9.55 Å². The van der Waals surface area contributed by atoms with Gasteiger partial charge in [0.15, 0.2) is 0 Å². The third-order valence-corrected chi connectivity index (χ3v) is 8.48. The average Bonchev–Trinajstić information content (AvgIpc) is 3.36. The number of hydrogen-bond donors (Lipinski definition) is 2. The lowest BCUT2D eigenvalue weighted by molar-refractivity contribution is 1.09. The molecular weight excluding hydrogens is 548 g/mol. The lowest BCUT2D eigenvalue weighted by Crippen LogP contribution is -1.98. The molecule has 0 bridgehead atoms. The van der Waals surface area contributed by atoms with Crippen molar-refractivity contribution in [2.45, 2.75) is 13.3 Å². The Hall–Kier alpha value is -5.87. The van der Waals surface area contributed by atoms with Gasteiger partial charge in [0.05, 0.1) is 16.9 Å². The zero-order chi connectivity index (χ0) is 30.8. The third kappa shape index (κ3) is 5.17. The largest absolute Gasteiger partial charge is 0.405 e. The molecule has 218 valence electrons. The van der Waals surface area contributed by atoms with Gasteiger partial charge in [-0.1, -0.05) is 91.0 Å². The lowest BCUT2D eigenvalue weighted by atomic mass is 9.93. The lowest BCUT2D eigenvalue weighted by Gasteiger charge is -2.15. The van der Waals surface area contributed by atoms with E-state index in [1.54, 1.807) is 12.4 Å². The maximum absolute atomic E-state index is 5.88. The normalized spacial score (nSPS) is 12.1. The van der Waals surface area contributed by atoms with Crippen LogP contribution in [0, 0.1) is 6.92 Å². The summed E-state index contributed by atoms with van der Waals surface area (Å²) in [5, 5.41) is 6.01. The molecule has 0 atom stereocenters. The molecule has 0 aliphatic heterocycles. The van der Waals surface area contributed by atoms with Crippen LogP contribution in [0.5, 0.6) is 0 Å². The van der Waals surface area contributed by atoms with Crippen molar-refractivity contribution in [2.75, 3.05) is 0 Å². The van der Waals surface area contributed by atoms with E-state index in [0.717, 1.165) is 45.0 Å². The molecule has 0 fully saturated rings. The number of pyridine rings is 1. The second-order valence-corrected chi connectivity index (χ2v) is 11.2. The molecule has 2 heterocycles. The molecule has 5 aromatic carbocycles. The summed E-state index contributed by atoms with van der Waals surface area (Å²) < 4.78 is 2.28. The number of nitrogens with zero attached hydrogens (tertiary/aromatic N) is 2. The van der Waals surface area contributed by atoms with E-state index in [1.807, 2.05) is 18.2 Å². The highest BCUT2D eigenvalue weighted by molar-refractivity contribution is 6.12. The fraction of sp³-hybridized carbons (Fsp3) is 0.0488. The second kappa shape index (κ2) is 12.0. The first kappa shape index (κ1) is 27.9. The molecule has 7 aromatic rings. The molecule has 0 aliphatic carbocycles. The van der Waals surface area contributed by atoms with E-state index in [1.165, 1.54) is 32.5 Å². The zero-order valence-corrected chi connectivity index (χ0v) is 25.2. The van der Waals surface area contributed by atoms with Crippen molar-refractivity contribution >= 4 is 38.5 Å². The summed E-state index contributed by atoms with van der Waals surface area (Å²) in [7, 11) is 0. The molecule has 4 N–H and O–H groups in total. The van der Waals surface area contributed by atoms with Crippen LogP contribution in [-0.2, 0) is 6.42 Å². The van der Waals surface area contributed by atoms with Gasteiger partial charge in [-0.05, 0) is 106 Å². The van der Waals surface area contributed by atoms with Crippen LogP contribution in [-0.4, -0.2) is 9.55 Å². The molecule has 0 amide bonds. The standard InChI is InChI=1S/C41H34N4/c1-28-35-14-8-9-17-40(35)45(39(28)22-24-43)34-20-18-29(19-21-34)32-26-33(13-3-2-10-23-42)44-38(27-32)41-36-15-6-4-11-30(36)25-31-12-5-7-16-37(31)41/h2-12,14-27H,13,42-43H2,1H3/b3-2-,23-10-,24-22-. The number of hydrogen-bond acceptors (Lipinski definition) is 3. The van der Waals surface area contributed by atoms with E-state index in [9.17, 15) is 0 Å². The monoisotopic (exact) mass is 582 g/mol. The molecular formula is C41H34N4. The molecule has 4 heteroatoms. The minimum absolute atomic E-state index is 0.690. The Morgan fingerprint density at radius 2 is 1.33 bits per heavy atom. The van der Waals surface area contributed by atoms with Gasteiger partial charge in [-0.2, -0.15) is 0 Å². The fourth-order valence-electron chi connectivity index (χ4n) is 6.40. The van der Waals surface area contributed by atoms with Crippen molar-refractivity contribution in [2.24, 2.45) is 11.5 Å². The van der Waals surface area contributed by atoms with E-state index < -0.39 is 0 Å². The van der Waals surface area contributed by atoms with Gasteiger partial charge in [0.25, 0.3) is 0 Å². The summed E-state index contributed by atoms with van der Waals surface area (Å²) in [4.78, 5) is 5.23. The summed E-state index contributed by atoms with van der Waals surface area (Å²) in [6, 6.07) is 41.1. The summed E-state index contributed by atoms with van der Waals surface area (Å²) in [6.07, 6.45) is 11.7. The summed E-state index contributed by atoms with van der Waals surface area (Å²) >= 11 is 0. The first-order valence-electron chi connectivity index (χ1n) is 15.2. The number of fused-ring (bicyclic) bond motifs is 3. The predicted octanol–water partition coefficient (Wildman–Crippen LogP) is 9.47. The van der Waals surface area contributed by atoms with Crippen molar-refractivity contribution in [3.8, 4) is 28.1 Å². The molecule has 0 unspecified atom stereocenters. The van der Waals surface area contributed by atoms with Crippen LogP contribution in [0.25, 0.3) is 66.6 Å².